The van der Waals surface area contributed by atoms with Gasteiger partial charge in [0, 0.05) is 22.9 Å². The number of alkyl halides is 3. The number of carbonyl (C=O) groups is 1. The average molecular weight is 444 g/mol. The van der Waals surface area contributed by atoms with Gasteiger partial charge in [-0.2, -0.15) is 13.2 Å². The zero-order chi connectivity index (χ0) is 22.6. The number of carbonyl (C=O) groups excluding carboxylic acids is 1. The van der Waals surface area contributed by atoms with Crippen LogP contribution in [0, 0.1) is 6.92 Å². The second-order valence-corrected chi connectivity index (χ2v) is 7.12. The third-order valence-corrected chi connectivity index (χ3v) is 4.80. The van der Waals surface area contributed by atoms with Crippen LogP contribution >= 0.6 is 12.2 Å². The van der Waals surface area contributed by atoms with E-state index in [-0.39, 0.29) is 11.0 Å². The quantitative estimate of drug-likeness (QED) is 0.498. The Morgan fingerprint density at radius 3 is 2.29 bits per heavy atom. The Balaban J connectivity index is 1.74. The molecule has 1 amide bonds. The fourth-order valence-electron chi connectivity index (χ4n) is 3.01. The first-order valence-electron chi connectivity index (χ1n) is 9.22. The molecule has 3 rings (SSSR count). The van der Waals surface area contributed by atoms with Crippen molar-refractivity contribution in [2.24, 2.45) is 0 Å². The fraction of sp³-hybridized carbons (Fsp3) is 0.130. The second kappa shape index (κ2) is 9.18. The van der Waals surface area contributed by atoms with Gasteiger partial charge in [0.05, 0.1) is 12.7 Å². The number of nitrogens with one attached hydrogen (secondary N) is 2. The van der Waals surface area contributed by atoms with Crippen molar-refractivity contribution >= 4 is 28.9 Å². The molecule has 0 fully saturated rings. The van der Waals surface area contributed by atoms with E-state index >= 15 is 0 Å². The molecule has 0 unspecified atom stereocenters. The van der Waals surface area contributed by atoms with Gasteiger partial charge in [0.15, 0.2) is 5.11 Å². The number of benzene rings is 3. The summed E-state index contributed by atoms with van der Waals surface area (Å²) >= 11 is 5.22. The van der Waals surface area contributed by atoms with Crippen molar-refractivity contribution in [2.75, 3.05) is 12.4 Å². The van der Waals surface area contributed by atoms with Gasteiger partial charge in [-0.15, -0.1) is 0 Å². The molecule has 3 aromatic carbocycles. The predicted octanol–water partition coefficient (Wildman–Crippen LogP) is 5.82. The molecule has 0 saturated carbocycles. The fourth-order valence-corrected chi connectivity index (χ4v) is 3.22. The highest BCUT2D eigenvalue weighted by Gasteiger charge is 2.30. The first-order valence-corrected chi connectivity index (χ1v) is 9.63. The SMILES string of the molecule is COc1cc(NC(=S)NC(=O)c2ccccc2C)ccc1-c1ccc(C(F)(F)F)cc1. The van der Waals surface area contributed by atoms with E-state index in [4.69, 9.17) is 17.0 Å². The van der Waals surface area contributed by atoms with Crippen LogP contribution in [0.1, 0.15) is 21.5 Å². The number of hydrogen-bond donors (Lipinski definition) is 2. The van der Waals surface area contributed by atoms with Gasteiger partial charge in [-0.3, -0.25) is 10.1 Å². The molecule has 8 heteroatoms. The lowest BCUT2D eigenvalue weighted by molar-refractivity contribution is -0.137. The molecule has 0 aromatic heterocycles. The van der Waals surface area contributed by atoms with Gasteiger partial charge in [-0.25, -0.2) is 0 Å². The highest BCUT2D eigenvalue weighted by molar-refractivity contribution is 7.80. The lowest BCUT2D eigenvalue weighted by Crippen LogP contribution is -2.34. The third kappa shape index (κ3) is 5.40. The summed E-state index contributed by atoms with van der Waals surface area (Å²) in [6.07, 6.45) is -4.39. The normalized spacial score (nSPS) is 11.0. The Hall–Kier alpha value is -3.39. The smallest absolute Gasteiger partial charge is 0.416 e. The number of aryl methyl sites for hydroxylation is 1. The van der Waals surface area contributed by atoms with Crippen LogP contribution in [-0.4, -0.2) is 18.1 Å². The molecule has 0 aliphatic carbocycles. The van der Waals surface area contributed by atoms with Gasteiger partial charge in [-0.05, 0) is 60.6 Å². The van der Waals surface area contributed by atoms with Crippen LogP contribution in [0.3, 0.4) is 0 Å². The number of methoxy groups -OCH3 is 1. The predicted molar refractivity (Wildman–Crippen MR) is 118 cm³/mol. The second-order valence-electron chi connectivity index (χ2n) is 6.71. The summed E-state index contributed by atoms with van der Waals surface area (Å²) in [5.41, 5.74) is 2.38. The first kappa shape index (κ1) is 22.3. The number of hydrogen-bond acceptors (Lipinski definition) is 3. The van der Waals surface area contributed by atoms with Crippen LogP contribution in [0.4, 0.5) is 18.9 Å². The van der Waals surface area contributed by atoms with Crippen molar-refractivity contribution in [1.82, 2.24) is 5.32 Å². The van der Waals surface area contributed by atoms with E-state index in [1.165, 1.54) is 19.2 Å². The standard InChI is InChI=1S/C23H19F3N2O2S/c1-14-5-3-4-6-18(14)21(29)28-22(31)27-17-11-12-19(20(13-17)30-2)15-7-9-16(10-8-15)23(24,25)26/h3-13H,1-2H3,(H2,27,28,29,31). The number of ether oxygens (including phenoxy) is 1. The van der Waals surface area contributed by atoms with Crippen LogP contribution in [0.2, 0.25) is 0 Å². The molecule has 0 aliphatic heterocycles. The molecule has 0 radical (unpaired) electrons. The molecule has 0 aliphatic rings. The molecule has 0 heterocycles. The Labute approximate surface area is 183 Å². The number of rotatable bonds is 4. The Morgan fingerprint density at radius 1 is 1.00 bits per heavy atom. The molecule has 160 valence electrons. The highest BCUT2D eigenvalue weighted by Crippen LogP contribution is 2.35. The summed E-state index contributed by atoms with van der Waals surface area (Å²) in [4.78, 5) is 12.4. The Kier molecular flexibility index (Phi) is 6.60. The van der Waals surface area contributed by atoms with E-state index in [1.54, 1.807) is 30.3 Å². The van der Waals surface area contributed by atoms with Crippen LogP contribution in [0.25, 0.3) is 11.1 Å². The molecule has 31 heavy (non-hydrogen) atoms. The summed E-state index contributed by atoms with van der Waals surface area (Å²) < 4.78 is 43.8. The largest absolute Gasteiger partial charge is 0.496 e. The number of halogens is 3. The maximum atomic E-state index is 12.8. The lowest BCUT2D eigenvalue weighted by Gasteiger charge is -2.14. The molecule has 0 spiro atoms. The minimum Gasteiger partial charge on any atom is -0.496 e. The summed E-state index contributed by atoms with van der Waals surface area (Å²) in [6.45, 7) is 1.83. The van der Waals surface area contributed by atoms with Gasteiger partial charge in [0.1, 0.15) is 5.75 Å². The highest BCUT2D eigenvalue weighted by atomic mass is 32.1. The zero-order valence-corrected chi connectivity index (χ0v) is 17.5. The van der Waals surface area contributed by atoms with E-state index in [2.05, 4.69) is 10.6 Å². The molecule has 0 bridgehead atoms. The van der Waals surface area contributed by atoms with Gasteiger partial charge >= 0.3 is 6.18 Å². The van der Waals surface area contributed by atoms with E-state index in [0.717, 1.165) is 17.7 Å². The molecular formula is C23H19F3N2O2S. The maximum Gasteiger partial charge on any atom is 0.416 e. The Morgan fingerprint density at radius 2 is 1.68 bits per heavy atom. The zero-order valence-electron chi connectivity index (χ0n) is 16.7. The molecular weight excluding hydrogens is 425 g/mol. The van der Waals surface area contributed by atoms with E-state index in [0.29, 0.717) is 28.1 Å². The van der Waals surface area contributed by atoms with Crippen molar-refractivity contribution in [3.8, 4) is 16.9 Å². The van der Waals surface area contributed by atoms with Gasteiger partial charge in [0.25, 0.3) is 5.91 Å². The van der Waals surface area contributed by atoms with Crippen molar-refractivity contribution in [1.29, 1.82) is 0 Å². The third-order valence-electron chi connectivity index (χ3n) is 4.60. The van der Waals surface area contributed by atoms with Crippen LogP contribution in [0.5, 0.6) is 5.75 Å². The van der Waals surface area contributed by atoms with E-state index in [1.807, 2.05) is 19.1 Å². The molecule has 3 aromatic rings. The average Bonchev–Trinajstić information content (AvgIpc) is 2.73. The maximum absolute atomic E-state index is 12.8. The Bertz CT molecular complexity index is 1110. The minimum absolute atomic E-state index is 0.109. The van der Waals surface area contributed by atoms with Crippen LogP contribution in [-0.2, 0) is 6.18 Å². The monoisotopic (exact) mass is 444 g/mol. The van der Waals surface area contributed by atoms with Crippen molar-refractivity contribution in [3.05, 3.63) is 83.4 Å². The molecule has 2 N–H and O–H groups in total. The van der Waals surface area contributed by atoms with Crippen LogP contribution < -0.4 is 15.4 Å². The van der Waals surface area contributed by atoms with Gasteiger partial charge in [0.2, 0.25) is 0 Å². The summed E-state index contributed by atoms with van der Waals surface area (Å²) in [5.74, 6) is 0.113. The first-order chi connectivity index (χ1) is 14.7. The van der Waals surface area contributed by atoms with Crippen LogP contribution in [0.15, 0.2) is 66.7 Å². The molecule has 0 atom stereocenters. The molecule has 4 nitrogen and oxygen atoms in total. The number of thiocarbonyl (C=S) groups is 1. The van der Waals surface area contributed by atoms with Gasteiger partial charge < -0.3 is 10.1 Å². The minimum atomic E-state index is -4.39. The lowest BCUT2D eigenvalue weighted by atomic mass is 10.0. The van der Waals surface area contributed by atoms with Crippen molar-refractivity contribution in [2.45, 2.75) is 13.1 Å². The van der Waals surface area contributed by atoms with Crippen molar-refractivity contribution in [3.63, 3.8) is 0 Å². The summed E-state index contributed by atoms with van der Waals surface area (Å²) in [5, 5.41) is 5.65. The van der Waals surface area contributed by atoms with Crippen molar-refractivity contribution < 1.29 is 22.7 Å². The number of anilines is 1. The molecule has 0 saturated heterocycles. The number of amides is 1. The summed E-state index contributed by atoms with van der Waals surface area (Å²) in [7, 11) is 1.46. The topological polar surface area (TPSA) is 50.4 Å². The summed E-state index contributed by atoms with van der Waals surface area (Å²) in [6, 6.07) is 17.0. The van der Waals surface area contributed by atoms with Gasteiger partial charge in [-0.1, -0.05) is 30.3 Å². The van der Waals surface area contributed by atoms with E-state index in [9.17, 15) is 18.0 Å². The van der Waals surface area contributed by atoms with E-state index < -0.39 is 11.7 Å².